The monoisotopic (exact) mass is 405 g/mol. The van der Waals surface area contributed by atoms with Crippen LogP contribution in [-0.4, -0.2) is 59.4 Å². The molecule has 2 aromatic rings. The molecule has 0 atom stereocenters. The van der Waals surface area contributed by atoms with Crippen LogP contribution in [0.15, 0.2) is 53.4 Å². The van der Waals surface area contributed by atoms with Crippen LogP contribution >= 0.6 is 0 Å². The molecule has 150 valence electrons. The predicted octanol–water partition coefficient (Wildman–Crippen LogP) is 1.80. The van der Waals surface area contributed by atoms with Gasteiger partial charge in [0.05, 0.1) is 10.5 Å². The Balaban J connectivity index is 1.91. The maximum atomic E-state index is 12.0. The largest absolute Gasteiger partial charge is 0.452 e. The number of ether oxygens (including phenoxy) is 1. The number of rotatable bonds is 7. The Kier molecular flexibility index (Phi) is 6.76. The lowest BCUT2D eigenvalue weighted by Gasteiger charge is -2.13. The molecular formula is C19H23N3O5S. The number of esters is 1. The van der Waals surface area contributed by atoms with Crippen molar-refractivity contribution in [3.8, 4) is 0 Å². The topological polar surface area (TPSA) is 96.0 Å². The first-order valence-electron chi connectivity index (χ1n) is 8.38. The van der Waals surface area contributed by atoms with Crippen molar-refractivity contribution in [1.82, 2.24) is 4.31 Å². The van der Waals surface area contributed by atoms with Crippen LogP contribution in [-0.2, 0) is 19.6 Å². The lowest BCUT2D eigenvalue weighted by atomic mass is 10.2. The van der Waals surface area contributed by atoms with Crippen LogP contribution in [0, 0.1) is 0 Å². The number of sulfonamides is 1. The zero-order valence-electron chi connectivity index (χ0n) is 16.2. The standard InChI is InChI=1S/C19H23N3O5S/c1-21(2)16-9-7-15(8-10-16)20-18(23)13-27-19(24)14-5-11-17(12-6-14)28(25,26)22(3)4/h5-12H,13H2,1-4H3,(H,20,23). The van der Waals surface area contributed by atoms with Gasteiger partial charge in [0.25, 0.3) is 5.91 Å². The van der Waals surface area contributed by atoms with Gasteiger partial charge in [-0.3, -0.25) is 4.79 Å². The normalized spacial score (nSPS) is 11.2. The summed E-state index contributed by atoms with van der Waals surface area (Å²) in [7, 11) is 3.09. The fourth-order valence-corrected chi connectivity index (χ4v) is 3.13. The van der Waals surface area contributed by atoms with Crippen molar-refractivity contribution in [1.29, 1.82) is 0 Å². The molecule has 0 saturated heterocycles. The molecular weight excluding hydrogens is 382 g/mol. The van der Waals surface area contributed by atoms with Gasteiger partial charge in [-0.2, -0.15) is 0 Å². The van der Waals surface area contributed by atoms with Crippen LogP contribution in [0.4, 0.5) is 11.4 Å². The average molecular weight is 405 g/mol. The Hall–Kier alpha value is -2.91. The van der Waals surface area contributed by atoms with E-state index in [1.165, 1.54) is 38.4 Å². The highest BCUT2D eigenvalue weighted by molar-refractivity contribution is 7.89. The Bertz CT molecular complexity index is 937. The number of hydrogen-bond acceptors (Lipinski definition) is 6. The molecule has 1 amide bonds. The van der Waals surface area contributed by atoms with Crippen LogP contribution in [0.25, 0.3) is 0 Å². The molecule has 0 unspecified atom stereocenters. The average Bonchev–Trinajstić information content (AvgIpc) is 2.66. The third kappa shape index (κ3) is 5.30. The molecule has 0 aromatic heterocycles. The van der Waals surface area contributed by atoms with Crippen LogP contribution < -0.4 is 10.2 Å². The molecule has 0 aliphatic rings. The Labute approximate surface area is 164 Å². The molecule has 0 saturated carbocycles. The van der Waals surface area contributed by atoms with Crippen LogP contribution in [0.3, 0.4) is 0 Å². The van der Waals surface area contributed by atoms with Gasteiger partial charge in [-0.05, 0) is 48.5 Å². The van der Waals surface area contributed by atoms with Gasteiger partial charge in [0.15, 0.2) is 6.61 Å². The van der Waals surface area contributed by atoms with E-state index in [9.17, 15) is 18.0 Å². The van der Waals surface area contributed by atoms with Crippen molar-refractivity contribution in [2.45, 2.75) is 4.90 Å². The molecule has 2 rings (SSSR count). The summed E-state index contributed by atoms with van der Waals surface area (Å²) in [6.07, 6.45) is 0. The smallest absolute Gasteiger partial charge is 0.338 e. The van der Waals surface area contributed by atoms with Gasteiger partial charge in [-0.15, -0.1) is 0 Å². The SMILES string of the molecule is CN(C)c1ccc(NC(=O)COC(=O)c2ccc(S(=O)(=O)N(C)C)cc2)cc1. The number of anilines is 2. The first-order chi connectivity index (χ1) is 13.1. The van der Waals surface area contributed by atoms with Crippen molar-refractivity contribution < 1.29 is 22.7 Å². The summed E-state index contributed by atoms with van der Waals surface area (Å²) in [4.78, 5) is 26.0. The minimum absolute atomic E-state index is 0.0629. The van der Waals surface area contributed by atoms with E-state index in [-0.39, 0.29) is 10.5 Å². The molecule has 8 nitrogen and oxygen atoms in total. The minimum Gasteiger partial charge on any atom is -0.452 e. The number of hydrogen-bond donors (Lipinski definition) is 1. The van der Waals surface area contributed by atoms with E-state index in [1.807, 2.05) is 31.1 Å². The number of amides is 1. The van der Waals surface area contributed by atoms with Crippen molar-refractivity contribution >= 4 is 33.3 Å². The first kappa shape index (κ1) is 21.4. The quantitative estimate of drug-likeness (QED) is 0.706. The highest BCUT2D eigenvalue weighted by atomic mass is 32.2. The van der Waals surface area contributed by atoms with Gasteiger partial charge in [0, 0.05) is 39.6 Å². The van der Waals surface area contributed by atoms with Crippen molar-refractivity contribution in [3.05, 3.63) is 54.1 Å². The Morgan fingerprint density at radius 1 is 0.929 bits per heavy atom. The summed E-state index contributed by atoms with van der Waals surface area (Å²) in [5.74, 6) is -1.19. The Morgan fingerprint density at radius 3 is 2.00 bits per heavy atom. The third-order valence-electron chi connectivity index (χ3n) is 3.87. The Morgan fingerprint density at radius 2 is 1.50 bits per heavy atom. The maximum absolute atomic E-state index is 12.0. The summed E-state index contributed by atoms with van der Waals surface area (Å²) in [6.45, 7) is -0.452. The fourth-order valence-electron chi connectivity index (χ4n) is 2.23. The van der Waals surface area contributed by atoms with Gasteiger partial charge in [0.1, 0.15) is 0 Å². The highest BCUT2D eigenvalue weighted by Crippen LogP contribution is 2.16. The van der Waals surface area contributed by atoms with Crippen molar-refractivity contribution in [2.24, 2.45) is 0 Å². The van der Waals surface area contributed by atoms with E-state index in [0.717, 1.165) is 9.99 Å². The van der Waals surface area contributed by atoms with E-state index in [0.29, 0.717) is 5.69 Å². The van der Waals surface area contributed by atoms with E-state index in [2.05, 4.69) is 5.32 Å². The fraction of sp³-hybridized carbons (Fsp3) is 0.263. The van der Waals surface area contributed by atoms with Gasteiger partial charge in [-0.1, -0.05) is 0 Å². The summed E-state index contributed by atoms with van der Waals surface area (Å²) in [6, 6.07) is 12.5. The minimum atomic E-state index is -3.57. The summed E-state index contributed by atoms with van der Waals surface area (Å²) >= 11 is 0. The molecule has 9 heteroatoms. The van der Waals surface area contributed by atoms with Gasteiger partial charge in [0.2, 0.25) is 10.0 Å². The third-order valence-corrected chi connectivity index (χ3v) is 5.70. The molecule has 0 fully saturated rings. The molecule has 2 aromatic carbocycles. The van der Waals surface area contributed by atoms with E-state index < -0.39 is 28.5 Å². The molecule has 0 radical (unpaired) electrons. The van der Waals surface area contributed by atoms with E-state index in [1.54, 1.807) is 12.1 Å². The number of carbonyl (C=O) groups excluding carboxylic acids is 2. The van der Waals surface area contributed by atoms with Gasteiger partial charge in [-0.25, -0.2) is 17.5 Å². The molecule has 0 heterocycles. The predicted molar refractivity (Wildman–Crippen MR) is 107 cm³/mol. The lowest BCUT2D eigenvalue weighted by molar-refractivity contribution is -0.119. The lowest BCUT2D eigenvalue weighted by Crippen LogP contribution is -2.22. The number of benzene rings is 2. The maximum Gasteiger partial charge on any atom is 0.338 e. The molecule has 28 heavy (non-hydrogen) atoms. The van der Waals surface area contributed by atoms with E-state index in [4.69, 9.17) is 4.74 Å². The zero-order chi connectivity index (χ0) is 20.9. The van der Waals surface area contributed by atoms with Gasteiger partial charge >= 0.3 is 5.97 Å². The summed E-state index contributed by atoms with van der Waals surface area (Å²) < 4.78 is 30.1. The van der Waals surface area contributed by atoms with Crippen LogP contribution in [0.2, 0.25) is 0 Å². The first-order valence-corrected chi connectivity index (χ1v) is 9.82. The number of nitrogens with one attached hydrogen (secondary N) is 1. The second kappa shape index (κ2) is 8.85. The zero-order valence-corrected chi connectivity index (χ0v) is 17.0. The van der Waals surface area contributed by atoms with E-state index >= 15 is 0 Å². The second-order valence-corrected chi connectivity index (χ2v) is 8.53. The number of carbonyl (C=O) groups is 2. The molecule has 0 aliphatic carbocycles. The summed E-state index contributed by atoms with van der Waals surface area (Å²) in [5, 5.41) is 2.64. The highest BCUT2D eigenvalue weighted by Gasteiger charge is 2.18. The number of nitrogens with zero attached hydrogens (tertiary/aromatic N) is 2. The van der Waals surface area contributed by atoms with Crippen LogP contribution in [0.1, 0.15) is 10.4 Å². The summed E-state index contributed by atoms with van der Waals surface area (Å²) in [5.41, 5.74) is 1.73. The molecule has 0 spiro atoms. The van der Waals surface area contributed by atoms with Gasteiger partial charge < -0.3 is 15.0 Å². The second-order valence-electron chi connectivity index (χ2n) is 6.38. The molecule has 1 N–H and O–H groups in total. The van der Waals surface area contributed by atoms with Crippen LogP contribution in [0.5, 0.6) is 0 Å². The van der Waals surface area contributed by atoms with Crippen molar-refractivity contribution in [3.63, 3.8) is 0 Å². The van der Waals surface area contributed by atoms with Crippen molar-refractivity contribution in [2.75, 3.05) is 45.0 Å². The molecule has 0 aliphatic heterocycles. The molecule has 0 bridgehead atoms.